The Morgan fingerprint density at radius 2 is 1.20 bits per heavy atom. The maximum atomic E-state index is 13.9. The highest BCUT2D eigenvalue weighted by atomic mass is 16.4. The first kappa shape index (κ1) is 41.3. The average Bonchev–Trinajstić information content (AvgIpc) is 3.20. The number of aromatic nitrogens is 2. The van der Waals surface area contributed by atoms with Gasteiger partial charge in [0.1, 0.15) is 23.6 Å². The normalized spacial score (nSPS) is 24.4. The summed E-state index contributed by atoms with van der Waals surface area (Å²) in [6.45, 7) is 5.82. The van der Waals surface area contributed by atoms with Crippen LogP contribution in [-0.4, -0.2) is 55.3 Å². The Hall–Kier alpha value is -2.10. The molecule has 6 N–H and O–H groups in total. The van der Waals surface area contributed by atoms with Crippen LogP contribution in [0.25, 0.3) is 0 Å². The fraction of sp³-hybridized carbons (Fsp3) is 0.850. The molecule has 0 bridgehead atoms. The third kappa shape index (κ3) is 11.7. The van der Waals surface area contributed by atoms with Crippen LogP contribution in [0.5, 0.6) is 0 Å². The standard InChI is InChI=1S/C40H71N5O4/c1-4-40(5-2,39(3)38(41)44-36-34(37(49)45-39)43-32(29-42-36)35(48)33(47)30-46)31-27-25-23-21-19-17-15-13-11-9-7-6-8-10-12-14-16-18-20-22-24-26-28-31/h29,31,33,35,46-48H,4-28,30H2,1-3H3,(H,45,49)(H2,41,42,44). The minimum absolute atomic E-state index is 0.00267. The largest absolute Gasteiger partial charge is 0.394 e. The Morgan fingerprint density at radius 3 is 1.59 bits per heavy atom. The van der Waals surface area contributed by atoms with Crippen LogP contribution in [0.1, 0.15) is 204 Å². The first-order chi connectivity index (χ1) is 23.7. The summed E-state index contributed by atoms with van der Waals surface area (Å²) in [4.78, 5) is 27.3. The first-order valence-electron chi connectivity index (χ1n) is 20.2. The number of rotatable bonds is 7. The van der Waals surface area contributed by atoms with Crippen molar-refractivity contribution in [1.82, 2.24) is 15.3 Å². The lowest BCUT2D eigenvalue weighted by atomic mass is 9.56. The zero-order chi connectivity index (χ0) is 35.5. The second-order valence-corrected chi connectivity index (χ2v) is 15.3. The van der Waals surface area contributed by atoms with E-state index >= 15 is 0 Å². The van der Waals surface area contributed by atoms with E-state index in [0.29, 0.717) is 11.8 Å². The maximum absolute atomic E-state index is 13.9. The Morgan fingerprint density at radius 1 is 0.796 bits per heavy atom. The molecule has 1 saturated carbocycles. The maximum Gasteiger partial charge on any atom is 0.274 e. The summed E-state index contributed by atoms with van der Waals surface area (Å²) >= 11 is 0. The van der Waals surface area contributed by atoms with Crippen LogP contribution in [-0.2, 0) is 0 Å². The van der Waals surface area contributed by atoms with E-state index in [-0.39, 0.29) is 22.6 Å². The first-order valence-corrected chi connectivity index (χ1v) is 20.2. The van der Waals surface area contributed by atoms with Crippen LogP contribution in [0.4, 0.5) is 5.82 Å². The molecule has 1 aromatic heterocycles. The van der Waals surface area contributed by atoms with Gasteiger partial charge in [-0.05, 0) is 38.5 Å². The van der Waals surface area contributed by atoms with E-state index in [1.165, 1.54) is 141 Å². The number of carbonyl (C=O) groups is 1. The van der Waals surface area contributed by atoms with Gasteiger partial charge in [0.15, 0.2) is 11.5 Å². The fourth-order valence-electron chi connectivity index (χ4n) is 8.81. The molecule has 0 saturated heterocycles. The summed E-state index contributed by atoms with van der Waals surface area (Å²) in [7, 11) is 0. The van der Waals surface area contributed by atoms with E-state index in [4.69, 9.17) is 10.7 Å². The summed E-state index contributed by atoms with van der Waals surface area (Å²) in [6, 6.07) is 0. The van der Waals surface area contributed by atoms with Crippen molar-refractivity contribution < 1.29 is 20.1 Å². The van der Waals surface area contributed by atoms with Crippen LogP contribution >= 0.6 is 0 Å². The Labute approximate surface area is 297 Å². The molecule has 3 unspecified atom stereocenters. The molecule has 9 heteroatoms. The van der Waals surface area contributed by atoms with Crippen molar-refractivity contribution in [2.24, 2.45) is 22.1 Å². The Balaban J connectivity index is 1.79. The predicted octanol–water partition coefficient (Wildman–Crippen LogP) is 8.76. The summed E-state index contributed by atoms with van der Waals surface area (Å²) < 4.78 is 0. The quantitative estimate of drug-likeness (QED) is 0.192. The van der Waals surface area contributed by atoms with Crippen molar-refractivity contribution in [2.75, 3.05) is 6.61 Å². The molecule has 2 heterocycles. The van der Waals surface area contributed by atoms with Crippen LogP contribution in [0, 0.1) is 11.3 Å². The van der Waals surface area contributed by atoms with Gasteiger partial charge in [-0.2, -0.15) is 0 Å². The molecule has 9 nitrogen and oxygen atoms in total. The number of nitrogens with two attached hydrogens (primary N) is 1. The Bertz CT molecular complexity index is 1100. The third-order valence-electron chi connectivity index (χ3n) is 12.1. The average molecular weight is 686 g/mol. The van der Waals surface area contributed by atoms with Gasteiger partial charge in [-0.1, -0.05) is 149 Å². The van der Waals surface area contributed by atoms with Gasteiger partial charge in [0.25, 0.3) is 5.91 Å². The summed E-state index contributed by atoms with van der Waals surface area (Å²) in [6.07, 6.45) is 30.3. The smallest absolute Gasteiger partial charge is 0.274 e. The summed E-state index contributed by atoms with van der Waals surface area (Å²) in [5.41, 5.74) is 5.57. The van der Waals surface area contributed by atoms with Crippen molar-refractivity contribution in [1.29, 1.82) is 0 Å². The number of hydrogen-bond donors (Lipinski definition) is 5. The molecular formula is C40H71N5O4. The number of hydrogen-bond acceptors (Lipinski definition) is 8. The number of carbonyl (C=O) groups excluding carboxylic acids is 1. The number of nitrogens with one attached hydrogen (secondary N) is 1. The van der Waals surface area contributed by atoms with Crippen LogP contribution in [0.15, 0.2) is 11.2 Å². The molecule has 2 aliphatic rings. The van der Waals surface area contributed by atoms with E-state index in [2.05, 4.69) is 29.1 Å². The van der Waals surface area contributed by atoms with Gasteiger partial charge >= 0.3 is 0 Å². The number of aliphatic hydroxyl groups is 3. The second-order valence-electron chi connectivity index (χ2n) is 15.3. The molecule has 0 radical (unpaired) electrons. The minimum atomic E-state index is -1.48. The van der Waals surface area contributed by atoms with Crippen molar-refractivity contribution in [2.45, 2.75) is 199 Å². The molecule has 1 aliphatic heterocycles. The highest BCUT2D eigenvalue weighted by molar-refractivity contribution is 6.05. The van der Waals surface area contributed by atoms with Crippen molar-refractivity contribution >= 4 is 17.6 Å². The number of amides is 1. The molecule has 280 valence electrons. The number of aliphatic hydroxyl groups excluding tert-OH is 3. The predicted molar refractivity (Wildman–Crippen MR) is 200 cm³/mol. The van der Waals surface area contributed by atoms with E-state index < -0.39 is 30.3 Å². The van der Waals surface area contributed by atoms with E-state index in [0.717, 1.165) is 25.7 Å². The lowest BCUT2D eigenvalue weighted by Crippen LogP contribution is -2.66. The molecule has 1 aliphatic carbocycles. The highest BCUT2D eigenvalue weighted by Crippen LogP contribution is 2.50. The number of nitrogens with zero attached hydrogens (tertiary/aromatic N) is 3. The van der Waals surface area contributed by atoms with Gasteiger partial charge in [0, 0.05) is 5.41 Å². The van der Waals surface area contributed by atoms with Gasteiger partial charge in [-0.3, -0.25) is 4.79 Å². The van der Waals surface area contributed by atoms with Gasteiger partial charge in [-0.15, -0.1) is 0 Å². The summed E-state index contributed by atoms with van der Waals surface area (Å²) in [5.74, 6) is 0.331. The van der Waals surface area contributed by atoms with Crippen LogP contribution in [0.2, 0.25) is 0 Å². The summed E-state index contributed by atoms with van der Waals surface area (Å²) in [5, 5.41) is 33.0. The zero-order valence-corrected chi connectivity index (χ0v) is 31.4. The minimum Gasteiger partial charge on any atom is -0.394 e. The van der Waals surface area contributed by atoms with Gasteiger partial charge in [-0.25, -0.2) is 15.0 Å². The zero-order valence-electron chi connectivity index (χ0n) is 31.4. The molecule has 49 heavy (non-hydrogen) atoms. The molecule has 1 fully saturated rings. The fourth-order valence-corrected chi connectivity index (χ4v) is 8.81. The van der Waals surface area contributed by atoms with E-state index in [9.17, 15) is 20.1 Å². The van der Waals surface area contributed by atoms with Crippen molar-refractivity contribution in [3.05, 3.63) is 17.6 Å². The van der Waals surface area contributed by atoms with Gasteiger partial charge < -0.3 is 26.4 Å². The van der Waals surface area contributed by atoms with Crippen LogP contribution < -0.4 is 11.1 Å². The second kappa shape index (κ2) is 22.0. The molecule has 3 atom stereocenters. The lowest BCUT2D eigenvalue weighted by Gasteiger charge is -2.52. The van der Waals surface area contributed by atoms with Gasteiger partial charge in [0.05, 0.1) is 18.5 Å². The monoisotopic (exact) mass is 686 g/mol. The molecular weight excluding hydrogens is 614 g/mol. The van der Waals surface area contributed by atoms with E-state index in [1.807, 2.05) is 6.92 Å². The van der Waals surface area contributed by atoms with Crippen molar-refractivity contribution in [3.8, 4) is 0 Å². The highest BCUT2D eigenvalue weighted by Gasteiger charge is 2.54. The van der Waals surface area contributed by atoms with Crippen molar-refractivity contribution in [3.63, 3.8) is 0 Å². The molecule has 0 spiro atoms. The molecule has 0 aromatic carbocycles. The third-order valence-corrected chi connectivity index (χ3v) is 12.1. The molecule has 1 amide bonds. The van der Waals surface area contributed by atoms with Gasteiger partial charge in [0.2, 0.25) is 0 Å². The SMILES string of the molecule is CCC(CC)(C1CCCCCCCCCCCCCCCCCCCCCCC1)C1(C)NC(=O)c2nc(C(O)C(O)CO)cnc2N=C1N. The lowest BCUT2D eigenvalue weighted by molar-refractivity contribution is -0.0175. The van der Waals surface area contributed by atoms with E-state index in [1.54, 1.807) is 0 Å². The number of fused-ring (bicyclic) bond motifs is 1. The topological polar surface area (TPSA) is 154 Å². The molecule has 1 aromatic rings. The Kier molecular flexibility index (Phi) is 18.5. The number of aliphatic imine (C=N–C) groups is 1. The molecule has 3 rings (SSSR count). The van der Waals surface area contributed by atoms with Crippen LogP contribution in [0.3, 0.4) is 0 Å². The number of amidine groups is 1.